The summed E-state index contributed by atoms with van der Waals surface area (Å²) in [6.07, 6.45) is 0.845. The maximum Gasteiger partial charge on any atom is 0.341 e. The zero-order valence-corrected chi connectivity index (χ0v) is 8.37. The van der Waals surface area contributed by atoms with Crippen LogP contribution in [-0.2, 0) is 4.74 Å². The van der Waals surface area contributed by atoms with E-state index in [0.29, 0.717) is 0 Å². The van der Waals surface area contributed by atoms with Crippen molar-refractivity contribution >= 4 is 5.97 Å². The van der Waals surface area contributed by atoms with Gasteiger partial charge in [-0.3, -0.25) is 0 Å². The predicted octanol–water partition coefficient (Wildman–Crippen LogP) is 1.58. The van der Waals surface area contributed by atoms with Crippen LogP contribution in [0.4, 0.5) is 4.39 Å². The molecule has 1 aromatic heterocycles. The standard InChI is InChI=1S/C10H9FN2O2/c1-3-15-10(14)9-6(2)8(4-12)13-5-7(9)11/h5H,3H2,1-2H3. The molecule has 0 radical (unpaired) electrons. The van der Waals surface area contributed by atoms with Crippen LogP contribution < -0.4 is 0 Å². The third kappa shape index (κ3) is 2.10. The maximum absolute atomic E-state index is 13.3. The largest absolute Gasteiger partial charge is 0.462 e. The summed E-state index contributed by atoms with van der Waals surface area (Å²) in [5.41, 5.74) is 0.0128. The molecule has 0 saturated carbocycles. The highest BCUT2D eigenvalue weighted by molar-refractivity contribution is 5.91. The van der Waals surface area contributed by atoms with Gasteiger partial charge in [-0.25, -0.2) is 14.2 Å². The first-order valence-corrected chi connectivity index (χ1v) is 4.34. The minimum absolute atomic E-state index is 0.0273. The van der Waals surface area contributed by atoms with Gasteiger partial charge in [0, 0.05) is 5.56 Å². The normalized spacial score (nSPS) is 9.47. The molecular weight excluding hydrogens is 199 g/mol. The molecule has 0 bridgehead atoms. The van der Waals surface area contributed by atoms with Gasteiger partial charge in [0.25, 0.3) is 0 Å². The molecule has 0 aliphatic carbocycles. The van der Waals surface area contributed by atoms with Gasteiger partial charge in [-0.05, 0) is 13.8 Å². The van der Waals surface area contributed by atoms with E-state index in [2.05, 4.69) is 9.72 Å². The van der Waals surface area contributed by atoms with Gasteiger partial charge in [-0.15, -0.1) is 0 Å². The molecule has 4 nitrogen and oxygen atoms in total. The van der Waals surface area contributed by atoms with Crippen molar-refractivity contribution in [3.05, 3.63) is 28.8 Å². The summed E-state index contributed by atoms with van der Waals surface area (Å²) in [5, 5.41) is 8.66. The highest BCUT2D eigenvalue weighted by Crippen LogP contribution is 2.15. The second-order valence-electron chi connectivity index (χ2n) is 2.79. The molecule has 0 saturated heterocycles. The monoisotopic (exact) mass is 208 g/mol. The number of esters is 1. The van der Waals surface area contributed by atoms with Crippen molar-refractivity contribution in [2.45, 2.75) is 13.8 Å². The SMILES string of the molecule is CCOC(=O)c1c(F)cnc(C#N)c1C. The van der Waals surface area contributed by atoms with Crippen molar-refractivity contribution in [1.82, 2.24) is 4.98 Å². The van der Waals surface area contributed by atoms with Crippen LogP contribution in [0.15, 0.2) is 6.20 Å². The number of halogens is 1. The summed E-state index contributed by atoms with van der Waals surface area (Å²) in [6.45, 7) is 3.24. The minimum Gasteiger partial charge on any atom is -0.462 e. The Bertz CT molecular complexity index is 438. The first kappa shape index (κ1) is 11.1. The van der Waals surface area contributed by atoms with Gasteiger partial charge in [0.15, 0.2) is 5.82 Å². The lowest BCUT2D eigenvalue weighted by atomic mass is 10.1. The molecule has 0 aliphatic heterocycles. The lowest BCUT2D eigenvalue weighted by Crippen LogP contribution is -2.11. The van der Waals surface area contributed by atoms with Crippen molar-refractivity contribution in [1.29, 1.82) is 5.26 Å². The van der Waals surface area contributed by atoms with Crippen molar-refractivity contribution in [2.24, 2.45) is 0 Å². The Morgan fingerprint density at radius 3 is 2.93 bits per heavy atom. The van der Waals surface area contributed by atoms with Crippen LogP contribution in [0.25, 0.3) is 0 Å². The Labute approximate surface area is 86.3 Å². The number of hydrogen-bond donors (Lipinski definition) is 0. The van der Waals surface area contributed by atoms with Gasteiger partial charge in [0.05, 0.1) is 12.8 Å². The molecule has 1 rings (SSSR count). The summed E-state index contributed by atoms with van der Waals surface area (Å²) in [6, 6.07) is 1.77. The Kier molecular flexibility index (Phi) is 3.34. The Morgan fingerprint density at radius 1 is 1.73 bits per heavy atom. The lowest BCUT2D eigenvalue weighted by Gasteiger charge is -2.06. The molecule has 0 spiro atoms. The van der Waals surface area contributed by atoms with Crippen molar-refractivity contribution in [3.63, 3.8) is 0 Å². The molecule has 1 aromatic rings. The molecule has 0 atom stereocenters. The van der Waals surface area contributed by atoms with Crippen LogP contribution in [0.3, 0.4) is 0 Å². The van der Waals surface area contributed by atoms with Crippen molar-refractivity contribution < 1.29 is 13.9 Å². The summed E-state index contributed by atoms with van der Waals surface area (Å²) in [4.78, 5) is 14.9. The highest BCUT2D eigenvalue weighted by atomic mass is 19.1. The molecule has 5 heteroatoms. The van der Waals surface area contributed by atoms with Gasteiger partial charge in [-0.1, -0.05) is 0 Å². The first-order chi connectivity index (χ1) is 7.11. The molecule has 1 heterocycles. The van der Waals surface area contributed by atoms with Crippen LogP contribution in [0.5, 0.6) is 0 Å². The summed E-state index contributed by atoms with van der Waals surface area (Å²) in [7, 11) is 0. The van der Waals surface area contributed by atoms with Gasteiger partial charge < -0.3 is 4.74 Å². The van der Waals surface area contributed by atoms with Crippen LogP contribution in [-0.4, -0.2) is 17.6 Å². The van der Waals surface area contributed by atoms with Crippen molar-refractivity contribution in [3.8, 4) is 6.07 Å². The summed E-state index contributed by atoms with van der Waals surface area (Å²) >= 11 is 0. The minimum atomic E-state index is -0.773. The number of carbonyl (C=O) groups excluding carboxylic acids is 1. The van der Waals surface area contributed by atoms with E-state index in [9.17, 15) is 9.18 Å². The third-order valence-electron chi connectivity index (χ3n) is 1.86. The summed E-state index contributed by atoms with van der Waals surface area (Å²) < 4.78 is 17.9. The van der Waals surface area contributed by atoms with E-state index >= 15 is 0 Å². The number of carbonyl (C=O) groups is 1. The van der Waals surface area contributed by atoms with E-state index in [-0.39, 0.29) is 23.4 Å². The fourth-order valence-corrected chi connectivity index (χ4v) is 1.15. The molecule has 15 heavy (non-hydrogen) atoms. The third-order valence-corrected chi connectivity index (χ3v) is 1.86. The molecule has 0 unspecified atom stereocenters. The number of nitriles is 1. The second kappa shape index (κ2) is 4.51. The number of hydrogen-bond acceptors (Lipinski definition) is 4. The highest BCUT2D eigenvalue weighted by Gasteiger charge is 2.19. The first-order valence-electron chi connectivity index (χ1n) is 4.34. The average molecular weight is 208 g/mol. The smallest absolute Gasteiger partial charge is 0.341 e. The topological polar surface area (TPSA) is 63.0 Å². The number of rotatable bonds is 2. The Hall–Kier alpha value is -1.96. The lowest BCUT2D eigenvalue weighted by molar-refractivity contribution is 0.0520. The number of aromatic nitrogens is 1. The molecule has 0 N–H and O–H groups in total. The molecule has 78 valence electrons. The molecule has 0 fully saturated rings. The average Bonchev–Trinajstić information content (AvgIpc) is 2.18. The van der Waals surface area contributed by atoms with Crippen LogP contribution in [0.1, 0.15) is 28.5 Å². The second-order valence-corrected chi connectivity index (χ2v) is 2.79. The van der Waals surface area contributed by atoms with Gasteiger partial charge >= 0.3 is 5.97 Å². The zero-order chi connectivity index (χ0) is 11.4. The molecule has 0 aromatic carbocycles. The van der Waals surface area contributed by atoms with E-state index < -0.39 is 11.8 Å². The van der Waals surface area contributed by atoms with Crippen molar-refractivity contribution in [2.75, 3.05) is 6.61 Å². The number of pyridine rings is 1. The van der Waals surface area contributed by atoms with Gasteiger partial charge in [0.2, 0.25) is 0 Å². The number of ether oxygens (including phenoxy) is 1. The quantitative estimate of drug-likeness (QED) is 0.692. The van der Waals surface area contributed by atoms with E-state index in [1.54, 1.807) is 13.0 Å². The number of nitrogens with zero attached hydrogens (tertiary/aromatic N) is 2. The van der Waals surface area contributed by atoms with E-state index in [1.165, 1.54) is 6.92 Å². The van der Waals surface area contributed by atoms with E-state index in [0.717, 1.165) is 6.20 Å². The Balaban J connectivity index is 3.28. The Morgan fingerprint density at radius 2 is 2.40 bits per heavy atom. The van der Waals surface area contributed by atoms with E-state index in [4.69, 9.17) is 5.26 Å². The van der Waals surface area contributed by atoms with E-state index in [1.807, 2.05) is 0 Å². The summed E-state index contributed by atoms with van der Waals surface area (Å²) in [5.74, 6) is -1.55. The fourth-order valence-electron chi connectivity index (χ4n) is 1.15. The fraction of sp³-hybridized carbons (Fsp3) is 0.300. The van der Waals surface area contributed by atoms with Gasteiger partial charge in [-0.2, -0.15) is 5.26 Å². The van der Waals surface area contributed by atoms with Gasteiger partial charge in [0.1, 0.15) is 17.3 Å². The zero-order valence-electron chi connectivity index (χ0n) is 8.37. The molecular formula is C10H9FN2O2. The van der Waals surface area contributed by atoms with Crippen LogP contribution in [0.2, 0.25) is 0 Å². The van der Waals surface area contributed by atoms with Crippen LogP contribution in [0, 0.1) is 24.1 Å². The molecule has 0 amide bonds. The van der Waals surface area contributed by atoms with Crippen LogP contribution >= 0.6 is 0 Å². The molecule has 0 aliphatic rings. The predicted molar refractivity (Wildman–Crippen MR) is 49.6 cm³/mol. The maximum atomic E-state index is 13.3.